The predicted molar refractivity (Wildman–Crippen MR) is 308 cm³/mol. The van der Waals surface area contributed by atoms with Crippen molar-refractivity contribution < 1.29 is 32.9 Å². The van der Waals surface area contributed by atoms with Gasteiger partial charge in [-0.2, -0.15) is 0 Å². The quantitative estimate of drug-likeness (QED) is 0.0243. The molecule has 0 aliphatic heterocycles. The Labute approximate surface area is 436 Å². The molecular weight excluding hydrogens is 900 g/mol. The monoisotopic (exact) mass is 1000 g/mol. The molecule has 0 aliphatic rings. The molecule has 0 aromatic carbocycles. The lowest BCUT2D eigenvalue weighted by Crippen LogP contribution is -2.45. The van der Waals surface area contributed by atoms with Crippen LogP contribution in [0.4, 0.5) is 0 Å². The van der Waals surface area contributed by atoms with Crippen molar-refractivity contribution in [1.29, 1.82) is 0 Å². The van der Waals surface area contributed by atoms with E-state index in [0.29, 0.717) is 17.4 Å². The molecule has 0 aliphatic carbocycles. The Kier molecular flexibility index (Phi) is 48.7. The first kappa shape index (κ1) is 67.4. The number of allylic oxidation sites excluding steroid dienone is 23. The summed E-state index contributed by atoms with van der Waals surface area (Å²) in [5.74, 6) is -0.255. The van der Waals surface area contributed by atoms with E-state index in [9.17, 15) is 19.4 Å². The van der Waals surface area contributed by atoms with Crippen LogP contribution in [0.5, 0.6) is 0 Å². The fourth-order valence-electron chi connectivity index (χ4n) is 6.96. The molecule has 3 N–H and O–H groups in total. The SMILES string of the molecule is CC/C=C\C/C=C\C/C=C\C/C=C\C/C=C\C/C=C\C/C=C\C/C=C\C/C=C\CCCC(=O)NC(COP(=O)(O)OCC[N+](C)(C)C)C(O)/C=C/CC/C=C/CC/C=C/CCCCCCCCCCCC. The van der Waals surface area contributed by atoms with Gasteiger partial charge in [0.25, 0.3) is 0 Å². The molecule has 0 heterocycles. The molecular formula is C62H104N2O6P+. The van der Waals surface area contributed by atoms with Gasteiger partial charge in [0.2, 0.25) is 5.91 Å². The zero-order chi connectivity index (χ0) is 52.0. The molecule has 8 nitrogen and oxygen atoms in total. The minimum atomic E-state index is -4.39. The van der Waals surface area contributed by atoms with Crippen LogP contribution in [-0.2, 0) is 18.4 Å². The number of hydrogen-bond acceptors (Lipinski definition) is 5. The third kappa shape index (κ3) is 54.0. The molecule has 0 aromatic heterocycles. The maximum Gasteiger partial charge on any atom is 0.472 e. The van der Waals surface area contributed by atoms with Gasteiger partial charge in [-0.15, -0.1) is 0 Å². The van der Waals surface area contributed by atoms with Crippen molar-refractivity contribution in [3.8, 4) is 0 Å². The molecule has 9 heteroatoms. The number of phosphoric ester groups is 1. The molecule has 0 radical (unpaired) electrons. The van der Waals surface area contributed by atoms with Crippen molar-refractivity contribution in [3.05, 3.63) is 146 Å². The van der Waals surface area contributed by atoms with E-state index in [1.165, 1.54) is 70.6 Å². The van der Waals surface area contributed by atoms with Crippen molar-refractivity contribution in [3.63, 3.8) is 0 Å². The molecule has 1 amide bonds. The Bertz CT molecular complexity index is 1660. The highest BCUT2D eigenvalue weighted by atomic mass is 31.2. The standard InChI is InChI=1S/C62H103N2O6P/c1-6-8-10-12-14-16-18-20-22-24-26-28-29-30-31-32-33-34-35-36-38-40-42-44-46-48-50-52-54-56-62(66)63-60(59-70-71(67,68)69-58-57-64(3,4)5)61(65)55-53-51-49-47-45-43-41-39-37-27-25-23-21-19-17-15-13-11-9-7-2/h8,10,14,16,20,22,26,28,30-31,33-34,36-39,42,44-45,47-48,50,53,55,60-61,65H,6-7,9,11-13,15,17-19,21,23-25,27,29,32,35,40-41,43,46,49,51-52,54,56-59H2,1-5H3,(H-,63,66,67,68)/p+1/b10-8-,16-14-,22-20-,28-26-,31-30-,34-33-,38-36-,39-37+,44-42-,47-45+,50-48-,55-53+. The maximum atomic E-state index is 12.9. The molecule has 0 rings (SSSR count). The summed E-state index contributed by atoms with van der Waals surface area (Å²) in [6.45, 7) is 4.60. The third-order valence-electron chi connectivity index (χ3n) is 11.3. The molecule has 0 fully saturated rings. The van der Waals surface area contributed by atoms with E-state index < -0.39 is 20.0 Å². The minimum Gasteiger partial charge on any atom is -0.387 e. The van der Waals surface area contributed by atoms with E-state index >= 15 is 0 Å². The highest BCUT2D eigenvalue weighted by molar-refractivity contribution is 7.47. The number of carbonyl (C=O) groups excluding carboxylic acids is 1. The van der Waals surface area contributed by atoms with Gasteiger partial charge in [0, 0.05) is 6.42 Å². The van der Waals surface area contributed by atoms with Gasteiger partial charge in [0.1, 0.15) is 13.2 Å². The van der Waals surface area contributed by atoms with Crippen LogP contribution in [0.25, 0.3) is 0 Å². The molecule has 0 bridgehead atoms. The lowest BCUT2D eigenvalue weighted by Gasteiger charge is -2.25. The first-order valence-electron chi connectivity index (χ1n) is 27.7. The number of phosphoric acid groups is 1. The average molecular weight is 1000 g/mol. The Morgan fingerprint density at radius 3 is 1.30 bits per heavy atom. The normalized spacial score (nSPS) is 15.1. The summed E-state index contributed by atoms with van der Waals surface area (Å²) >= 11 is 0. The summed E-state index contributed by atoms with van der Waals surface area (Å²) in [6, 6.07) is -0.913. The number of carbonyl (C=O) groups is 1. The summed E-state index contributed by atoms with van der Waals surface area (Å²) in [5.41, 5.74) is 0. The second kappa shape index (κ2) is 51.3. The van der Waals surface area contributed by atoms with Gasteiger partial charge in [-0.3, -0.25) is 13.8 Å². The van der Waals surface area contributed by atoms with E-state index in [-0.39, 0.29) is 25.5 Å². The van der Waals surface area contributed by atoms with Crippen molar-refractivity contribution in [2.45, 2.75) is 199 Å². The third-order valence-corrected chi connectivity index (χ3v) is 12.3. The van der Waals surface area contributed by atoms with Gasteiger partial charge in [0.05, 0.1) is 39.9 Å². The highest BCUT2D eigenvalue weighted by Crippen LogP contribution is 2.43. The van der Waals surface area contributed by atoms with Crippen LogP contribution in [-0.4, -0.2) is 73.4 Å². The van der Waals surface area contributed by atoms with Gasteiger partial charge >= 0.3 is 7.82 Å². The van der Waals surface area contributed by atoms with Crippen LogP contribution in [0.3, 0.4) is 0 Å². The van der Waals surface area contributed by atoms with Gasteiger partial charge < -0.3 is 19.8 Å². The Morgan fingerprint density at radius 2 is 0.859 bits per heavy atom. The average Bonchev–Trinajstić information content (AvgIpc) is 3.33. The molecule has 0 aromatic rings. The molecule has 0 spiro atoms. The number of aliphatic hydroxyl groups is 1. The summed E-state index contributed by atoms with van der Waals surface area (Å²) in [6.07, 6.45) is 79.5. The fourth-order valence-corrected chi connectivity index (χ4v) is 7.69. The van der Waals surface area contributed by atoms with Crippen molar-refractivity contribution in [2.24, 2.45) is 0 Å². The molecule has 402 valence electrons. The van der Waals surface area contributed by atoms with Crippen LogP contribution in [0.1, 0.15) is 187 Å². The summed E-state index contributed by atoms with van der Waals surface area (Å²) in [5, 5.41) is 13.8. The maximum absolute atomic E-state index is 12.9. The summed E-state index contributed by atoms with van der Waals surface area (Å²) in [7, 11) is 1.48. The van der Waals surface area contributed by atoms with Crippen LogP contribution < -0.4 is 5.32 Å². The summed E-state index contributed by atoms with van der Waals surface area (Å²) < 4.78 is 23.6. The van der Waals surface area contributed by atoms with Gasteiger partial charge in [-0.05, 0) is 109 Å². The molecule has 71 heavy (non-hydrogen) atoms. The van der Waals surface area contributed by atoms with E-state index in [1.54, 1.807) is 6.08 Å². The lowest BCUT2D eigenvalue weighted by molar-refractivity contribution is -0.870. The minimum absolute atomic E-state index is 0.0338. The number of nitrogens with one attached hydrogen (secondary N) is 1. The highest BCUT2D eigenvalue weighted by Gasteiger charge is 2.27. The molecule has 3 unspecified atom stereocenters. The smallest absolute Gasteiger partial charge is 0.387 e. The number of amides is 1. The van der Waals surface area contributed by atoms with Crippen LogP contribution in [0.15, 0.2) is 146 Å². The fraction of sp³-hybridized carbons (Fsp3) is 0.597. The summed E-state index contributed by atoms with van der Waals surface area (Å²) in [4.78, 5) is 23.2. The van der Waals surface area contributed by atoms with Crippen molar-refractivity contribution >= 4 is 13.7 Å². The number of aliphatic hydroxyl groups excluding tert-OH is 1. The lowest BCUT2D eigenvalue weighted by atomic mass is 10.1. The number of rotatable bonds is 48. The van der Waals surface area contributed by atoms with E-state index in [0.717, 1.165) is 89.9 Å². The van der Waals surface area contributed by atoms with Crippen LogP contribution in [0, 0.1) is 0 Å². The van der Waals surface area contributed by atoms with Crippen molar-refractivity contribution in [2.75, 3.05) is 40.9 Å². The number of nitrogens with zero attached hydrogens (tertiary/aromatic N) is 1. The van der Waals surface area contributed by atoms with Crippen LogP contribution >= 0.6 is 7.82 Å². The number of hydrogen-bond donors (Lipinski definition) is 3. The van der Waals surface area contributed by atoms with Gasteiger partial charge in [-0.1, -0.05) is 217 Å². The number of unbranched alkanes of at least 4 members (excludes halogenated alkanes) is 13. The zero-order valence-corrected chi connectivity index (χ0v) is 46.5. The topological polar surface area (TPSA) is 105 Å². The zero-order valence-electron chi connectivity index (χ0n) is 45.6. The second-order valence-corrected chi connectivity index (χ2v) is 20.7. The second-order valence-electron chi connectivity index (χ2n) is 19.2. The van der Waals surface area contributed by atoms with E-state index in [4.69, 9.17) is 9.05 Å². The van der Waals surface area contributed by atoms with E-state index in [2.05, 4.69) is 153 Å². The molecule has 3 atom stereocenters. The number of quaternary nitrogens is 1. The molecule has 0 saturated carbocycles. The van der Waals surface area contributed by atoms with Crippen LogP contribution in [0.2, 0.25) is 0 Å². The van der Waals surface area contributed by atoms with Gasteiger partial charge in [-0.25, -0.2) is 4.57 Å². The number of likely N-dealkylation sites (N-methyl/N-ethyl adjacent to an activating group) is 1. The first-order chi connectivity index (χ1) is 34.5. The van der Waals surface area contributed by atoms with Crippen molar-refractivity contribution in [1.82, 2.24) is 5.32 Å². The Morgan fingerprint density at radius 1 is 0.493 bits per heavy atom. The Hall–Kier alpha value is -3.62. The van der Waals surface area contributed by atoms with E-state index in [1.807, 2.05) is 27.2 Å². The Balaban J connectivity index is 4.48. The predicted octanol–water partition coefficient (Wildman–Crippen LogP) is 16.9. The first-order valence-corrected chi connectivity index (χ1v) is 29.2. The molecule has 0 saturated heterocycles. The van der Waals surface area contributed by atoms with Gasteiger partial charge in [0.15, 0.2) is 0 Å². The largest absolute Gasteiger partial charge is 0.472 e.